The summed E-state index contributed by atoms with van der Waals surface area (Å²) in [5.41, 5.74) is 1.17. The van der Waals surface area contributed by atoms with E-state index in [-0.39, 0.29) is 24.0 Å². The molecule has 9 heteroatoms. The van der Waals surface area contributed by atoms with Gasteiger partial charge >= 0.3 is 0 Å². The van der Waals surface area contributed by atoms with E-state index in [0.717, 1.165) is 12.8 Å². The van der Waals surface area contributed by atoms with E-state index in [2.05, 4.69) is 15.6 Å². The predicted octanol–water partition coefficient (Wildman–Crippen LogP) is 4.75. The smallest absolute Gasteiger partial charge is 0.293 e. The fourth-order valence-corrected chi connectivity index (χ4v) is 3.33. The first-order valence-corrected chi connectivity index (χ1v) is 11.0. The van der Waals surface area contributed by atoms with Crippen LogP contribution in [0.4, 0.5) is 10.8 Å². The minimum atomic E-state index is -0.389. The monoisotopic (exact) mass is 443 g/mol. The van der Waals surface area contributed by atoms with Gasteiger partial charge in [0.2, 0.25) is 5.91 Å². The molecule has 0 aliphatic carbocycles. The SMILES string of the molecule is CCCOc1ccc(NC(=O)Cc2csc(NC(=O)c3ccco3)n2)cc1OCCC. The quantitative estimate of drug-likeness (QED) is 0.443. The van der Waals surface area contributed by atoms with Gasteiger partial charge in [0.15, 0.2) is 22.4 Å². The topological polar surface area (TPSA) is 103 Å². The molecule has 3 rings (SSSR count). The number of hydrogen-bond acceptors (Lipinski definition) is 7. The number of carbonyl (C=O) groups is 2. The van der Waals surface area contributed by atoms with Gasteiger partial charge in [0.1, 0.15) is 0 Å². The Bertz CT molecular complexity index is 1000. The first-order valence-electron chi connectivity index (χ1n) is 10.1. The van der Waals surface area contributed by atoms with Crippen molar-refractivity contribution in [1.82, 2.24) is 4.98 Å². The summed E-state index contributed by atoms with van der Waals surface area (Å²) in [5.74, 6) is 0.842. The molecule has 0 atom stereocenters. The highest BCUT2D eigenvalue weighted by molar-refractivity contribution is 7.14. The number of nitrogens with zero attached hydrogens (tertiary/aromatic N) is 1. The summed E-state index contributed by atoms with van der Waals surface area (Å²) in [5, 5.41) is 7.63. The molecule has 0 saturated heterocycles. The van der Waals surface area contributed by atoms with E-state index in [1.165, 1.54) is 17.6 Å². The summed E-state index contributed by atoms with van der Waals surface area (Å²) in [4.78, 5) is 28.8. The fraction of sp³-hybridized carbons (Fsp3) is 0.318. The molecular weight excluding hydrogens is 418 g/mol. The maximum Gasteiger partial charge on any atom is 0.293 e. The summed E-state index contributed by atoms with van der Waals surface area (Å²) < 4.78 is 16.5. The van der Waals surface area contributed by atoms with Crippen LogP contribution in [0.2, 0.25) is 0 Å². The maximum absolute atomic E-state index is 12.5. The summed E-state index contributed by atoms with van der Waals surface area (Å²) in [6.07, 6.45) is 3.26. The van der Waals surface area contributed by atoms with Crippen molar-refractivity contribution in [3.63, 3.8) is 0 Å². The van der Waals surface area contributed by atoms with Crippen LogP contribution in [-0.4, -0.2) is 30.0 Å². The van der Waals surface area contributed by atoms with Crippen molar-refractivity contribution in [2.45, 2.75) is 33.1 Å². The van der Waals surface area contributed by atoms with Gasteiger partial charge in [0.05, 0.1) is 31.6 Å². The number of ether oxygens (including phenoxy) is 2. The van der Waals surface area contributed by atoms with Crippen LogP contribution >= 0.6 is 11.3 Å². The lowest BCUT2D eigenvalue weighted by atomic mass is 10.2. The molecule has 2 heterocycles. The molecule has 0 unspecified atom stereocenters. The van der Waals surface area contributed by atoms with Crippen LogP contribution in [0.25, 0.3) is 0 Å². The zero-order valence-corrected chi connectivity index (χ0v) is 18.3. The van der Waals surface area contributed by atoms with Crippen LogP contribution < -0.4 is 20.1 Å². The molecule has 0 spiro atoms. The lowest BCUT2D eigenvalue weighted by Gasteiger charge is -2.14. The zero-order valence-electron chi connectivity index (χ0n) is 17.5. The molecule has 0 saturated carbocycles. The molecule has 0 aliphatic heterocycles. The number of furan rings is 1. The highest BCUT2D eigenvalue weighted by atomic mass is 32.1. The number of anilines is 2. The van der Waals surface area contributed by atoms with Crippen LogP contribution in [0, 0.1) is 0 Å². The lowest BCUT2D eigenvalue weighted by Crippen LogP contribution is -2.15. The van der Waals surface area contributed by atoms with Crippen LogP contribution in [0.1, 0.15) is 42.9 Å². The van der Waals surface area contributed by atoms with Gasteiger partial charge in [-0.05, 0) is 37.1 Å². The van der Waals surface area contributed by atoms with Crippen LogP contribution in [-0.2, 0) is 11.2 Å². The van der Waals surface area contributed by atoms with Crippen molar-refractivity contribution in [2.75, 3.05) is 23.8 Å². The standard InChI is InChI=1S/C22H25N3O5S/c1-3-9-28-17-8-7-15(12-19(17)29-10-4-2)23-20(26)13-16-14-31-22(24-16)25-21(27)18-6-5-11-30-18/h5-8,11-12,14H,3-4,9-10,13H2,1-2H3,(H,23,26)(H,24,25,27). The summed E-state index contributed by atoms with van der Waals surface area (Å²) in [6.45, 7) is 5.22. The van der Waals surface area contributed by atoms with Crippen molar-refractivity contribution < 1.29 is 23.5 Å². The molecule has 8 nitrogen and oxygen atoms in total. The minimum absolute atomic E-state index is 0.0758. The van der Waals surface area contributed by atoms with Gasteiger partial charge in [-0.1, -0.05) is 13.8 Å². The van der Waals surface area contributed by atoms with Gasteiger partial charge in [0, 0.05) is 17.1 Å². The lowest BCUT2D eigenvalue weighted by molar-refractivity contribution is -0.115. The minimum Gasteiger partial charge on any atom is -0.490 e. The van der Waals surface area contributed by atoms with E-state index < -0.39 is 0 Å². The van der Waals surface area contributed by atoms with E-state index in [4.69, 9.17) is 13.9 Å². The first-order chi connectivity index (χ1) is 15.1. The van der Waals surface area contributed by atoms with Crippen molar-refractivity contribution in [3.05, 3.63) is 53.4 Å². The molecule has 31 heavy (non-hydrogen) atoms. The normalized spacial score (nSPS) is 10.5. The largest absolute Gasteiger partial charge is 0.490 e. The Hall–Kier alpha value is -3.33. The molecule has 1 aromatic carbocycles. The highest BCUT2D eigenvalue weighted by Gasteiger charge is 2.14. The number of thiazole rings is 1. The third-order valence-corrected chi connectivity index (χ3v) is 4.82. The van der Waals surface area contributed by atoms with Crippen LogP contribution in [0.3, 0.4) is 0 Å². The Labute approximate surface area is 184 Å². The molecule has 0 bridgehead atoms. The third-order valence-electron chi connectivity index (χ3n) is 4.01. The fourth-order valence-electron chi connectivity index (χ4n) is 2.62. The average Bonchev–Trinajstić information content (AvgIpc) is 3.44. The van der Waals surface area contributed by atoms with E-state index in [0.29, 0.717) is 41.2 Å². The van der Waals surface area contributed by atoms with E-state index in [1.54, 1.807) is 35.7 Å². The number of benzene rings is 1. The Balaban J connectivity index is 1.58. The number of nitrogens with one attached hydrogen (secondary N) is 2. The van der Waals surface area contributed by atoms with Crippen LogP contribution in [0.5, 0.6) is 11.5 Å². The maximum atomic E-state index is 12.5. The molecule has 2 aromatic heterocycles. The molecule has 2 amide bonds. The summed E-state index contributed by atoms with van der Waals surface area (Å²) in [6, 6.07) is 8.52. The summed E-state index contributed by atoms with van der Waals surface area (Å²) >= 11 is 1.24. The van der Waals surface area contributed by atoms with E-state index >= 15 is 0 Å². The average molecular weight is 444 g/mol. The molecule has 0 aliphatic rings. The van der Waals surface area contributed by atoms with Gasteiger partial charge in [-0.15, -0.1) is 11.3 Å². The third kappa shape index (κ3) is 6.58. The van der Waals surface area contributed by atoms with Gasteiger partial charge in [-0.3, -0.25) is 14.9 Å². The van der Waals surface area contributed by atoms with Gasteiger partial charge in [-0.25, -0.2) is 4.98 Å². The Morgan fingerprint density at radius 2 is 1.84 bits per heavy atom. The Morgan fingerprint density at radius 3 is 2.55 bits per heavy atom. The first kappa shape index (κ1) is 22.4. The number of aromatic nitrogens is 1. The molecular formula is C22H25N3O5S. The molecule has 164 valence electrons. The number of hydrogen-bond donors (Lipinski definition) is 2. The van der Waals surface area contributed by atoms with Crippen molar-refractivity contribution in [2.24, 2.45) is 0 Å². The number of rotatable bonds is 11. The molecule has 0 radical (unpaired) electrons. The molecule has 0 fully saturated rings. The highest BCUT2D eigenvalue weighted by Crippen LogP contribution is 2.31. The number of amides is 2. The zero-order chi connectivity index (χ0) is 22.1. The second-order valence-corrected chi connectivity index (χ2v) is 7.52. The van der Waals surface area contributed by atoms with Crippen molar-refractivity contribution in [1.29, 1.82) is 0 Å². The van der Waals surface area contributed by atoms with Gasteiger partial charge in [0.25, 0.3) is 5.91 Å². The second-order valence-electron chi connectivity index (χ2n) is 6.66. The second kappa shape index (κ2) is 11.2. The summed E-state index contributed by atoms with van der Waals surface area (Å²) in [7, 11) is 0. The van der Waals surface area contributed by atoms with Crippen molar-refractivity contribution in [3.8, 4) is 11.5 Å². The Kier molecular flexibility index (Phi) is 8.05. The van der Waals surface area contributed by atoms with Gasteiger partial charge < -0.3 is 19.2 Å². The molecule has 2 N–H and O–H groups in total. The predicted molar refractivity (Wildman–Crippen MR) is 119 cm³/mol. The van der Waals surface area contributed by atoms with Crippen LogP contribution in [0.15, 0.2) is 46.4 Å². The van der Waals surface area contributed by atoms with Crippen molar-refractivity contribution >= 4 is 34.0 Å². The van der Waals surface area contributed by atoms with E-state index in [9.17, 15) is 9.59 Å². The van der Waals surface area contributed by atoms with Gasteiger partial charge in [-0.2, -0.15) is 0 Å². The molecule has 3 aromatic rings. The number of carbonyl (C=O) groups excluding carboxylic acids is 2. The Morgan fingerprint density at radius 1 is 1.06 bits per heavy atom. The van der Waals surface area contributed by atoms with E-state index in [1.807, 2.05) is 13.8 Å².